The fourth-order valence-corrected chi connectivity index (χ4v) is 1.80. The van der Waals surface area contributed by atoms with Gasteiger partial charge in [0.15, 0.2) is 0 Å². The molecule has 0 saturated carbocycles. The average Bonchev–Trinajstić information content (AvgIpc) is 2.62. The predicted octanol–water partition coefficient (Wildman–Crippen LogP) is 2.14. The minimum Gasteiger partial charge on any atom is -0.405 e. The van der Waals surface area contributed by atoms with E-state index in [1.165, 1.54) is 0 Å². The lowest BCUT2D eigenvalue weighted by Crippen LogP contribution is -2.33. The van der Waals surface area contributed by atoms with Crippen molar-refractivity contribution in [3.8, 4) is 0 Å². The lowest BCUT2D eigenvalue weighted by atomic mass is 9.78. The quantitative estimate of drug-likeness (QED) is 0.704. The first-order valence-corrected chi connectivity index (χ1v) is 5.32. The lowest BCUT2D eigenvalue weighted by Gasteiger charge is -2.12. The molecule has 0 aromatic heterocycles. The minimum atomic E-state index is -4.34. The summed E-state index contributed by atoms with van der Waals surface area (Å²) in [7, 11) is -0.689. The Balaban J connectivity index is 2.32. The molecule has 1 aromatic carbocycles. The summed E-state index contributed by atoms with van der Waals surface area (Å²) in [4.78, 5) is 0. The molecule has 0 aliphatic carbocycles. The third kappa shape index (κ3) is 2.81. The molecule has 2 nitrogen and oxygen atoms in total. The van der Waals surface area contributed by atoms with E-state index in [4.69, 9.17) is 9.31 Å². The van der Waals surface area contributed by atoms with Crippen molar-refractivity contribution in [1.29, 1.82) is 0 Å². The number of aryl methyl sites for hydroxylation is 1. The fourth-order valence-electron chi connectivity index (χ4n) is 1.80. The number of alkyl halides is 3. The highest BCUT2D eigenvalue weighted by Gasteiger charge is 2.35. The van der Waals surface area contributed by atoms with Gasteiger partial charge in [-0.15, -0.1) is 0 Å². The second kappa shape index (κ2) is 4.35. The average molecular weight is 244 g/mol. The monoisotopic (exact) mass is 244 g/mol. The van der Waals surface area contributed by atoms with E-state index in [-0.39, 0.29) is 6.10 Å². The summed E-state index contributed by atoms with van der Waals surface area (Å²) in [5.74, 6) is 0. The summed E-state index contributed by atoms with van der Waals surface area (Å²) < 4.78 is 48.6. The maximum atomic E-state index is 12.6. The molecule has 2 rings (SSSR count). The first-order chi connectivity index (χ1) is 7.86. The summed E-state index contributed by atoms with van der Waals surface area (Å²) in [5, 5.41) is 0. The standard InChI is InChI=1S/C11H12BF3O2/c1-7-3-9(11(13,14)15)5-10(4-7)12-16-6-8(2)17-12/h3-5,8H,6H2,1-2H3. The molecule has 0 radical (unpaired) electrons. The summed E-state index contributed by atoms with van der Waals surface area (Å²) in [6.07, 6.45) is -4.43. The molecule has 17 heavy (non-hydrogen) atoms. The molecule has 0 amide bonds. The van der Waals surface area contributed by atoms with Crippen LogP contribution in [0.2, 0.25) is 0 Å². The van der Waals surface area contributed by atoms with Crippen molar-refractivity contribution in [2.24, 2.45) is 0 Å². The lowest BCUT2D eigenvalue weighted by molar-refractivity contribution is -0.137. The van der Waals surface area contributed by atoms with E-state index >= 15 is 0 Å². The molecule has 1 unspecified atom stereocenters. The van der Waals surface area contributed by atoms with Gasteiger partial charge in [-0.2, -0.15) is 13.2 Å². The van der Waals surface area contributed by atoms with Gasteiger partial charge >= 0.3 is 13.3 Å². The van der Waals surface area contributed by atoms with E-state index in [2.05, 4.69) is 0 Å². The van der Waals surface area contributed by atoms with E-state index in [1.807, 2.05) is 6.92 Å². The summed E-state index contributed by atoms with van der Waals surface area (Å²) in [6, 6.07) is 3.84. The van der Waals surface area contributed by atoms with Crippen LogP contribution in [-0.4, -0.2) is 19.8 Å². The van der Waals surface area contributed by atoms with Crippen molar-refractivity contribution in [1.82, 2.24) is 0 Å². The Bertz CT molecular complexity index is 420. The van der Waals surface area contributed by atoms with E-state index in [9.17, 15) is 13.2 Å². The van der Waals surface area contributed by atoms with Crippen molar-refractivity contribution < 1.29 is 22.5 Å². The molecule has 1 aliphatic rings. The molecule has 1 fully saturated rings. The van der Waals surface area contributed by atoms with E-state index in [1.54, 1.807) is 13.0 Å². The van der Waals surface area contributed by atoms with Crippen LogP contribution >= 0.6 is 0 Å². The van der Waals surface area contributed by atoms with Gasteiger partial charge < -0.3 is 9.31 Å². The summed E-state index contributed by atoms with van der Waals surface area (Å²) in [6.45, 7) is 3.84. The van der Waals surface area contributed by atoms with Crippen LogP contribution in [0.1, 0.15) is 18.1 Å². The Morgan fingerprint density at radius 1 is 1.29 bits per heavy atom. The molecular formula is C11H12BF3O2. The van der Waals surface area contributed by atoms with Gasteiger partial charge in [0.05, 0.1) is 18.3 Å². The maximum Gasteiger partial charge on any atom is 0.494 e. The molecule has 1 saturated heterocycles. The predicted molar refractivity (Wildman–Crippen MR) is 58.1 cm³/mol. The van der Waals surface area contributed by atoms with Crippen LogP contribution in [0, 0.1) is 6.92 Å². The smallest absolute Gasteiger partial charge is 0.405 e. The van der Waals surface area contributed by atoms with Gasteiger partial charge in [0.2, 0.25) is 0 Å². The van der Waals surface area contributed by atoms with E-state index < -0.39 is 18.9 Å². The Morgan fingerprint density at radius 3 is 2.53 bits per heavy atom. The molecular weight excluding hydrogens is 232 g/mol. The van der Waals surface area contributed by atoms with E-state index in [0.29, 0.717) is 17.6 Å². The Hall–Kier alpha value is -1.01. The highest BCUT2D eigenvalue weighted by atomic mass is 19.4. The normalized spacial score (nSPS) is 21.0. The van der Waals surface area contributed by atoms with Gasteiger partial charge in [-0.05, 0) is 25.4 Å². The number of benzene rings is 1. The third-order valence-corrected chi connectivity index (χ3v) is 2.54. The number of halogens is 3. The van der Waals surface area contributed by atoms with Crippen molar-refractivity contribution in [3.63, 3.8) is 0 Å². The zero-order chi connectivity index (χ0) is 12.6. The van der Waals surface area contributed by atoms with Gasteiger partial charge in [-0.25, -0.2) is 0 Å². The molecule has 1 heterocycles. The Morgan fingerprint density at radius 2 is 2.00 bits per heavy atom. The minimum absolute atomic E-state index is 0.0881. The van der Waals surface area contributed by atoms with Crippen LogP contribution < -0.4 is 5.46 Å². The zero-order valence-corrected chi connectivity index (χ0v) is 9.54. The third-order valence-electron chi connectivity index (χ3n) is 2.54. The van der Waals surface area contributed by atoms with Crippen molar-refractivity contribution >= 4 is 12.6 Å². The Labute approximate surface area is 97.9 Å². The fraction of sp³-hybridized carbons (Fsp3) is 0.455. The molecule has 0 spiro atoms. The number of hydrogen-bond acceptors (Lipinski definition) is 2. The second-order valence-corrected chi connectivity index (χ2v) is 4.24. The SMILES string of the molecule is Cc1cc(B2OCC(C)O2)cc(C(F)(F)F)c1. The molecule has 6 heteroatoms. The first-order valence-electron chi connectivity index (χ1n) is 5.32. The van der Waals surface area contributed by atoms with Crippen LogP contribution in [0.3, 0.4) is 0 Å². The molecule has 0 bridgehead atoms. The maximum absolute atomic E-state index is 12.6. The van der Waals surface area contributed by atoms with Gasteiger partial charge in [0.1, 0.15) is 0 Å². The summed E-state index contributed by atoms with van der Waals surface area (Å²) in [5.41, 5.74) is 0.294. The van der Waals surface area contributed by atoms with Crippen molar-refractivity contribution in [2.75, 3.05) is 6.61 Å². The van der Waals surface area contributed by atoms with Crippen LogP contribution in [0.25, 0.3) is 0 Å². The van der Waals surface area contributed by atoms with Crippen LogP contribution in [0.4, 0.5) is 13.2 Å². The van der Waals surface area contributed by atoms with Gasteiger partial charge in [0, 0.05) is 0 Å². The highest BCUT2D eigenvalue weighted by Crippen LogP contribution is 2.29. The topological polar surface area (TPSA) is 18.5 Å². The van der Waals surface area contributed by atoms with Gasteiger partial charge in [-0.1, -0.05) is 17.7 Å². The van der Waals surface area contributed by atoms with Crippen molar-refractivity contribution in [2.45, 2.75) is 26.1 Å². The molecule has 1 atom stereocenters. The zero-order valence-electron chi connectivity index (χ0n) is 9.54. The molecule has 1 aromatic rings. The largest absolute Gasteiger partial charge is 0.494 e. The highest BCUT2D eigenvalue weighted by molar-refractivity contribution is 6.61. The second-order valence-electron chi connectivity index (χ2n) is 4.24. The summed E-state index contributed by atoms with van der Waals surface area (Å²) >= 11 is 0. The Kier molecular flexibility index (Phi) is 3.18. The first kappa shape index (κ1) is 12.5. The molecule has 92 valence electrons. The number of rotatable bonds is 1. The number of hydrogen-bond donors (Lipinski definition) is 0. The van der Waals surface area contributed by atoms with E-state index in [0.717, 1.165) is 12.1 Å². The molecule has 1 aliphatic heterocycles. The molecule has 0 N–H and O–H groups in total. The van der Waals surface area contributed by atoms with Crippen molar-refractivity contribution in [3.05, 3.63) is 29.3 Å². The van der Waals surface area contributed by atoms with Gasteiger partial charge in [0.25, 0.3) is 0 Å². The van der Waals surface area contributed by atoms with Crippen LogP contribution in [-0.2, 0) is 15.5 Å². The van der Waals surface area contributed by atoms with Crippen LogP contribution in [0.5, 0.6) is 0 Å². The van der Waals surface area contributed by atoms with Gasteiger partial charge in [-0.3, -0.25) is 0 Å². The van der Waals surface area contributed by atoms with Crippen LogP contribution in [0.15, 0.2) is 18.2 Å².